The van der Waals surface area contributed by atoms with Gasteiger partial charge in [-0.15, -0.1) is 0 Å². The molecule has 0 spiro atoms. The Morgan fingerprint density at radius 3 is 2.50 bits per heavy atom. The highest BCUT2D eigenvalue weighted by Crippen LogP contribution is 2.20. The summed E-state index contributed by atoms with van der Waals surface area (Å²) in [5, 5.41) is 8.61. The Morgan fingerprint density at radius 2 is 2.00 bits per heavy atom. The van der Waals surface area contributed by atoms with Crippen LogP contribution in [0.3, 0.4) is 0 Å². The van der Waals surface area contributed by atoms with Crippen LogP contribution in [-0.4, -0.2) is 16.3 Å². The summed E-state index contributed by atoms with van der Waals surface area (Å²) in [6.07, 6.45) is 0. The fourth-order valence-corrected chi connectivity index (χ4v) is 1.80. The highest BCUT2D eigenvalue weighted by Gasteiger charge is 2.14. The van der Waals surface area contributed by atoms with Gasteiger partial charge in [-0.05, 0) is 19.3 Å². The fourth-order valence-electron chi connectivity index (χ4n) is 1.59. The van der Waals surface area contributed by atoms with Gasteiger partial charge in [-0.2, -0.15) is 5.10 Å². The molecule has 0 aliphatic heterocycles. The van der Waals surface area contributed by atoms with E-state index in [1.165, 1.54) is 0 Å². The Balaban J connectivity index is 2.66. The van der Waals surface area contributed by atoms with Crippen molar-refractivity contribution in [3.63, 3.8) is 0 Å². The molecular weight excluding hydrogens is 222 g/mol. The number of nitrogens with zero attached hydrogens (tertiary/aromatic N) is 2. The Kier molecular flexibility index (Phi) is 4.39. The van der Waals surface area contributed by atoms with Gasteiger partial charge in [0.2, 0.25) is 0 Å². The van der Waals surface area contributed by atoms with Crippen LogP contribution in [0.4, 0.5) is 0 Å². The van der Waals surface area contributed by atoms with Crippen molar-refractivity contribution >= 4 is 11.6 Å². The number of aromatic nitrogens is 2. The van der Waals surface area contributed by atoms with Crippen molar-refractivity contribution in [3.8, 4) is 0 Å². The average molecular weight is 244 g/mol. The van der Waals surface area contributed by atoms with Gasteiger partial charge in [0.1, 0.15) is 0 Å². The van der Waals surface area contributed by atoms with E-state index in [1.807, 2.05) is 11.6 Å². The number of halogens is 1. The van der Waals surface area contributed by atoms with Crippen molar-refractivity contribution in [2.45, 2.75) is 47.7 Å². The first-order valence-corrected chi connectivity index (χ1v) is 6.15. The van der Waals surface area contributed by atoms with Crippen LogP contribution < -0.4 is 5.32 Å². The van der Waals surface area contributed by atoms with Gasteiger partial charge in [0.05, 0.1) is 16.4 Å². The molecule has 1 aromatic heterocycles. The molecule has 0 unspecified atom stereocenters. The smallest absolute Gasteiger partial charge is 0.0860 e. The predicted octanol–water partition coefficient (Wildman–Crippen LogP) is 3.00. The minimum atomic E-state index is 0.290. The van der Waals surface area contributed by atoms with Crippen LogP contribution >= 0.6 is 11.6 Å². The third-order valence-corrected chi connectivity index (χ3v) is 2.89. The summed E-state index contributed by atoms with van der Waals surface area (Å²) in [7, 11) is 0. The molecule has 1 aromatic rings. The minimum absolute atomic E-state index is 0.290. The molecule has 0 saturated carbocycles. The maximum absolute atomic E-state index is 6.22. The summed E-state index contributed by atoms with van der Waals surface area (Å²) in [6.45, 7) is 13.3. The SMILES string of the molecule is CCn1nc(C)c(Cl)c1CNCC(C)(C)C. The Labute approximate surface area is 103 Å². The lowest BCUT2D eigenvalue weighted by Crippen LogP contribution is -2.27. The lowest BCUT2D eigenvalue weighted by molar-refractivity contribution is 0.375. The minimum Gasteiger partial charge on any atom is -0.311 e. The maximum Gasteiger partial charge on any atom is 0.0860 e. The van der Waals surface area contributed by atoms with E-state index in [9.17, 15) is 0 Å². The van der Waals surface area contributed by atoms with Crippen LogP contribution in [0.15, 0.2) is 0 Å². The quantitative estimate of drug-likeness (QED) is 0.881. The molecule has 4 heteroatoms. The van der Waals surface area contributed by atoms with Crippen LogP contribution in [0.2, 0.25) is 5.02 Å². The molecular formula is C12H22ClN3. The number of hydrogen-bond acceptors (Lipinski definition) is 2. The van der Waals surface area contributed by atoms with Crippen LogP contribution in [0.5, 0.6) is 0 Å². The van der Waals surface area contributed by atoms with Gasteiger partial charge in [-0.1, -0.05) is 32.4 Å². The number of rotatable bonds is 4. The fraction of sp³-hybridized carbons (Fsp3) is 0.750. The standard InChI is InChI=1S/C12H22ClN3/c1-6-16-10(11(13)9(2)15-16)7-14-8-12(3,4)5/h14H,6-8H2,1-5H3. The van der Waals surface area contributed by atoms with Crippen molar-refractivity contribution in [2.24, 2.45) is 5.41 Å². The second-order valence-electron chi connectivity index (χ2n) is 5.33. The Hall–Kier alpha value is -0.540. The van der Waals surface area contributed by atoms with E-state index in [2.05, 4.69) is 38.1 Å². The Bertz CT molecular complexity index is 350. The van der Waals surface area contributed by atoms with E-state index < -0.39 is 0 Å². The normalized spacial score (nSPS) is 12.1. The molecule has 0 aliphatic carbocycles. The molecule has 1 heterocycles. The van der Waals surface area contributed by atoms with Crippen LogP contribution in [0.25, 0.3) is 0 Å². The zero-order valence-electron chi connectivity index (χ0n) is 10.9. The third kappa shape index (κ3) is 3.49. The second kappa shape index (κ2) is 5.19. The summed E-state index contributed by atoms with van der Waals surface area (Å²) in [4.78, 5) is 0. The first-order chi connectivity index (χ1) is 7.35. The van der Waals surface area contributed by atoms with Crippen molar-refractivity contribution in [1.29, 1.82) is 0 Å². The highest BCUT2D eigenvalue weighted by atomic mass is 35.5. The number of nitrogens with one attached hydrogen (secondary N) is 1. The van der Waals surface area contributed by atoms with Crippen molar-refractivity contribution in [1.82, 2.24) is 15.1 Å². The third-order valence-electron chi connectivity index (χ3n) is 2.40. The van der Waals surface area contributed by atoms with Crippen LogP contribution in [0, 0.1) is 12.3 Å². The van der Waals surface area contributed by atoms with Crippen LogP contribution in [-0.2, 0) is 13.1 Å². The summed E-state index contributed by atoms with van der Waals surface area (Å²) >= 11 is 6.22. The molecule has 0 aliphatic rings. The van der Waals surface area contributed by atoms with Gasteiger partial charge in [0.25, 0.3) is 0 Å². The highest BCUT2D eigenvalue weighted by molar-refractivity contribution is 6.31. The van der Waals surface area contributed by atoms with E-state index in [0.717, 1.165) is 36.0 Å². The van der Waals surface area contributed by atoms with Gasteiger partial charge >= 0.3 is 0 Å². The molecule has 1 N–H and O–H groups in total. The molecule has 3 nitrogen and oxygen atoms in total. The molecule has 0 amide bonds. The van der Waals surface area contributed by atoms with Gasteiger partial charge in [0, 0.05) is 19.6 Å². The average Bonchev–Trinajstić information content (AvgIpc) is 2.43. The molecule has 0 radical (unpaired) electrons. The lowest BCUT2D eigenvalue weighted by atomic mass is 9.97. The Morgan fingerprint density at radius 1 is 1.38 bits per heavy atom. The summed E-state index contributed by atoms with van der Waals surface area (Å²) in [6, 6.07) is 0. The van der Waals surface area contributed by atoms with E-state index in [-0.39, 0.29) is 0 Å². The predicted molar refractivity (Wildman–Crippen MR) is 68.8 cm³/mol. The van der Waals surface area contributed by atoms with E-state index in [0.29, 0.717) is 5.41 Å². The van der Waals surface area contributed by atoms with E-state index >= 15 is 0 Å². The summed E-state index contributed by atoms with van der Waals surface area (Å²) in [5.74, 6) is 0. The molecule has 16 heavy (non-hydrogen) atoms. The van der Waals surface area contributed by atoms with E-state index in [1.54, 1.807) is 0 Å². The number of aryl methyl sites for hydroxylation is 2. The van der Waals surface area contributed by atoms with Crippen molar-refractivity contribution in [3.05, 3.63) is 16.4 Å². The molecule has 0 aromatic carbocycles. The van der Waals surface area contributed by atoms with Gasteiger partial charge in [0.15, 0.2) is 0 Å². The molecule has 92 valence electrons. The van der Waals surface area contributed by atoms with E-state index in [4.69, 9.17) is 11.6 Å². The zero-order valence-corrected chi connectivity index (χ0v) is 11.6. The molecule has 0 atom stereocenters. The van der Waals surface area contributed by atoms with Crippen LogP contribution in [0.1, 0.15) is 39.1 Å². The zero-order chi connectivity index (χ0) is 12.3. The summed E-state index contributed by atoms with van der Waals surface area (Å²) in [5.41, 5.74) is 2.29. The number of hydrogen-bond donors (Lipinski definition) is 1. The first-order valence-electron chi connectivity index (χ1n) is 5.77. The first kappa shape index (κ1) is 13.5. The monoisotopic (exact) mass is 243 g/mol. The van der Waals surface area contributed by atoms with Gasteiger partial charge in [-0.25, -0.2) is 0 Å². The van der Waals surface area contributed by atoms with Crippen molar-refractivity contribution < 1.29 is 0 Å². The second-order valence-corrected chi connectivity index (χ2v) is 5.70. The maximum atomic E-state index is 6.22. The van der Waals surface area contributed by atoms with Crippen molar-refractivity contribution in [2.75, 3.05) is 6.54 Å². The largest absolute Gasteiger partial charge is 0.311 e. The topological polar surface area (TPSA) is 29.9 Å². The summed E-state index contributed by atoms with van der Waals surface area (Å²) < 4.78 is 1.97. The molecule has 0 fully saturated rings. The van der Waals surface area contributed by atoms with Gasteiger partial charge in [-0.3, -0.25) is 4.68 Å². The lowest BCUT2D eigenvalue weighted by Gasteiger charge is -2.19. The van der Waals surface area contributed by atoms with Gasteiger partial charge < -0.3 is 5.32 Å². The molecule has 0 bridgehead atoms. The molecule has 0 saturated heterocycles. The molecule has 1 rings (SSSR count).